The molecule has 67 heavy (non-hydrogen) atoms. The average molecular weight is 982 g/mol. The van der Waals surface area contributed by atoms with Gasteiger partial charge in [-0.3, -0.25) is 15.0 Å². The van der Waals surface area contributed by atoms with Crippen LogP contribution in [0.3, 0.4) is 0 Å². The lowest BCUT2D eigenvalue weighted by Crippen LogP contribution is -2.34. The molecule has 0 bridgehead atoms. The molecule has 0 aliphatic heterocycles. The fourth-order valence-electron chi connectivity index (χ4n) is 7.47. The molecule has 26 heteroatoms. The Morgan fingerprint density at radius 1 is 0.672 bits per heavy atom. The largest absolute Gasteiger partial charge is 0.459 e. The number of pyridine rings is 4. The number of nitrogens with zero attached hydrogens (tertiary/aromatic N) is 9. The van der Waals surface area contributed by atoms with Gasteiger partial charge in [0.1, 0.15) is 32.4 Å². The van der Waals surface area contributed by atoms with Crippen LogP contribution in [0.5, 0.6) is 0 Å². The minimum absolute atomic E-state index is 0.00310. The van der Waals surface area contributed by atoms with Crippen LogP contribution in [-0.4, -0.2) is 73.6 Å². The number of imidazole rings is 2. The maximum Gasteiger partial charge on any atom is 0.459 e. The molecular weight excluding hydrogens is 956 g/mol. The zero-order chi connectivity index (χ0) is 48.8. The maximum absolute atomic E-state index is 14.7. The summed E-state index contributed by atoms with van der Waals surface area (Å²) in [5.41, 5.74) is -6.81. The van der Waals surface area contributed by atoms with Gasteiger partial charge in [0.15, 0.2) is 37.0 Å². The van der Waals surface area contributed by atoms with Gasteiger partial charge in [0.2, 0.25) is 0 Å². The molecule has 0 aliphatic rings. The van der Waals surface area contributed by atoms with Crippen molar-refractivity contribution in [2.45, 2.75) is 54.1 Å². The van der Waals surface area contributed by atoms with Crippen molar-refractivity contribution in [3.05, 3.63) is 95.7 Å². The Morgan fingerprint density at radius 3 is 1.99 bits per heavy atom. The number of hydrogen-bond donors (Lipinski definition) is 0. The lowest BCUT2D eigenvalue weighted by molar-refractivity contribution is -0.290. The van der Waals surface area contributed by atoms with Gasteiger partial charge >= 0.3 is 24.5 Å². The van der Waals surface area contributed by atoms with Crippen molar-refractivity contribution >= 4 is 63.4 Å². The first-order valence-corrected chi connectivity index (χ1v) is 22.5. The molecule has 8 aromatic rings. The van der Waals surface area contributed by atoms with Gasteiger partial charge in [0, 0.05) is 53.7 Å². The molecule has 0 aliphatic carbocycles. The van der Waals surface area contributed by atoms with Crippen LogP contribution in [0.1, 0.15) is 35.7 Å². The number of hydrogen-bond acceptors (Lipinski definition) is 11. The zero-order valence-corrected chi connectivity index (χ0v) is 35.5. The number of aromatic nitrogens is 8. The normalized spacial score (nSPS) is 13.3. The maximum atomic E-state index is 14.7. The molecule has 0 amide bonds. The number of nitriles is 1. The minimum Gasteiger partial charge on any atom is -0.321 e. The smallest absolute Gasteiger partial charge is 0.321 e. The van der Waals surface area contributed by atoms with Crippen LogP contribution >= 0.6 is 0 Å². The molecule has 13 nitrogen and oxygen atoms in total. The van der Waals surface area contributed by atoms with E-state index in [0.717, 1.165) is 27.6 Å². The number of sulfone groups is 2. The van der Waals surface area contributed by atoms with Crippen molar-refractivity contribution in [3.8, 4) is 29.1 Å². The summed E-state index contributed by atoms with van der Waals surface area (Å²) in [6.07, 6.45) is -13.3. The van der Waals surface area contributed by atoms with Crippen LogP contribution in [-0.2, 0) is 51.5 Å². The highest BCUT2D eigenvalue weighted by Gasteiger charge is 2.60. The second-order valence-electron chi connectivity index (χ2n) is 14.9. The first-order valence-electron chi connectivity index (χ1n) is 19.2. The molecule has 8 rings (SSSR count). The summed E-state index contributed by atoms with van der Waals surface area (Å²) in [5.74, 6) is -7.96. The predicted molar refractivity (Wildman–Crippen MR) is 217 cm³/mol. The van der Waals surface area contributed by atoms with E-state index in [1.165, 1.54) is 32.2 Å². The topological polar surface area (TPSA) is 179 Å². The van der Waals surface area contributed by atoms with Gasteiger partial charge in [-0.05, 0) is 36.8 Å². The Hall–Kier alpha value is -6.88. The average Bonchev–Trinajstić information content (AvgIpc) is 3.79. The number of benzene rings is 2. The van der Waals surface area contributed by atoms with Crippen LogP contribution in [0.4, 0.5) is 48.3 Å². The molecule has 0 fully saturated rings. The third kappa shape index (κ3) is 8.02. The van der Waals surface area contributed by atoms with Gasteiger partial charge in [-0.2, -0.15) is 53.6 Å². The van der Waals surface area contributed by atoms with Gasteiger partial charge in [-0.15, -0.1) is 0 Å². The molecule has 0 saturated carbocycles. The lowest BCUT2D eigenvalue weighted by atomic mass is 10.1. The van der Waals surface area contributed by atoms with Gasteiger partial charge < -0.3 is 9.13 Å². The van der Waals surface area contributed by atoms with E-state index in [9.17, 15) is 70.4 Å². The Labute approximate surface area is 369 Å². The second kappa shape index (κ2) is 15.9. The van der Waals surface area contributed by atoms with Crippen molar-refractivity contribution in [2.75, 3.05) is 11.5 Å². The van der Waals surface area contributed by atoms with Gasteiger partial charge in [0.05, 0.1) is 51.5 Å². The van der Waals surface area contributed by atoms with E-state index in [1.54, 1.807) is 0 Å². The van der Waals surface area contributed by atoms with E-state index in [-0.39, 0.29) is 38.4 Å². The number of rotatable bonds is 10. The Bertz CT molecular complexity index is 3620. The summed E-state index contributed by atoms with van der Waals surface area (Å²) < 4.78 is 212. The first kappa shape index (κ1) is 46.6. The van der Waals surface area contributed by atoms with Crippen molar-refractivity contribution in [1.29, 1.82) is 5.26 Å². The molecule has 0 radical (unpaired) electrons. The van der Waals surface area contributed by atoms with Gasteiger partial charge in [-0.25, -0.2) is 31.8 Å². The van der Waals surface area contributed by atoms with Crippen LogP contribution in [0.2, 0.25) is 0 Å². The highest BCUT2D eigenvalue weighted by Crippen LogP contribution is 2.45. The van der Waals surface area contributed by atoms with Crippen molar-refractivity contribution in [2.24, 2.45) is 7.05 Å². The highest BCUT2D eigenvalue weighted by atomic mass is 32.2. The molecule has 0 N–H and O–H groups in total. The summed E-state index contributed by atoms with van der Waals surface area (Å²) >= 11 is 0. The molecule has 6 aromatic heterocycles. The molecule has 0 saturated heterocycles. The zero-order valence-electron chi connectivity index (χ0n) is 33.9. The second-order valence-corrected chi connectivity index (χ2v) is 19.2. The van der Waals surface area contributed by atoms with Crippen LogP contribution in [0.15, 0.2) is 83.1 Å². The summed E-state index contributed by atoms with van der Waals surface area (Å²) in [7, 11) is -8.02. The number of alkyl halides is 11. The molecule has 0 unspecified atom stereocenters. The van der Waals surface area contributed by atoms with E-state index in [4.69, 9.17) is 0 Å². The van der Waals surface area contributed by atoms with E-state index < -0.39 is 129 Å². The van der Waals surface area contributed by atoms with Crippen LogP contribution < -0.4 is 0 Å². The number of fused-ring (bicyclic) bond motifs is 4. The van der Waals surface area contributed by atoms with Crippen LogP contribution in [0.25, 0.3) is 66.8 Å². The predicted octanol–water partition coefficient (Wildman–Crippen LogP) is 9.36. The van der Waals surface area contributed by atoms with Crippen molar-refractivity contribution in [1.82, 2.24) is 39.0 Å². The first-order chi connectivity index (χ1) is 31.2. The summed E-state index contributed by atoms with van der Waals surface area (Å²) in [6, 6.07) is 9.06. The van der Waals surface area contributed by atoms with Gasteiger partial charge in [-0.1, -0.05) is 25.1 Å². The highest BCUT2D eigenvalue weighted by molar-refractivity contribution is 7.92. The number of aryl methyl sites for hydroxylation is 2. The Morgan fingerprint density at radius 2 is 1.33 bits per heavy atom. The van der Waals surface area contributed by atoms with E-state index in [2.05, 4.69) is 29.9 Å². The van der Waals surface area contributed by atoms with E-state index in [1.807, 2.05) is 6.07 Å². The third-order valence-corrected chi connectivity index (χ3v) is 14.4. The Kier molecular flexibility index (Phi) is 11.1. The fourth-order valence-corrected chi connectivity index (χ4v) is 10.4. The summed E-state index contributed by atoms with van der Waals surface area (Å²) in [5, 5.41) is 9.13. The monoisotopic (exact) mass is 981 g/mol. The quantitative estimate of drug-likeness (QED) is 0.119. The van der Waals surface area contributed by atoms with Gasteiger partial charge in [0.25, 0.3) is 0 Å². The molecule has 2 aromatic carbocycles. The summed E-state index contributed by atoms with van der Waals surface area (Å²) in [6.45, 7) is 0.691. The molecule has 6 heterocycles. The number of halogens is 11. The molecule has 0 spiro atoms. The summed E-state index contributed by atoms with van der Waals surface area (Å²) in [4.78, 5) is 22.6. The van der Waals surface area contributed by atoms with Crippen molar-refractivity contribution in [3.63, 3.8) is 0 Å². The third-order valence-electron chi connectivity index (χ3n) is 10.8. The molecule has 0 atom stereocenters. The van der Waals surface area contributed by atoms with E-state index >= 15 is 0 Å². The SMILES string of the molecule is CCS(=O)(=O)c1c(-c2nc3cc(C(F)(F)C(F)(F)F)ncc3n2CCCS(=O)(=O)c2c(-c3nc4cc(C(F)(F)F)cnc4n3C)ncc3ccc(C(F)(F)F)cc23)ncc2c(C#N)cccc12. The Balaban J connectivity index is 1.30. The van der Waals surface area contributed by atoms with E-state index in [0.29, 0.717) is 36.7 Å². The fraction of sp³-hybridized carbons (Fsp3) is 0.244. The van der Waals surface area contributed by atoms with Crippen molar-refractivity contribution < 1.29 is 65.1 Å². The lowest BCUT2D eigenvalue weighted by Gasteiger charge is -2.18. The van der Waals surface area contributed by atoms with Crippen LogP contribution in [0, 0.1) is 11.3 Å². The minimum atomic E-state index is -6.12. The standard InChI is InChI=1S/C41H26F11N9O4S2/c1-3-66(62,63)33-24-7-4-6-20(15-53)26(24)18-56-32(33)37-58-27-14-30(38(42,43)41(50,51)52)54-19-29(27)61(37)10-5-11-67(64,65)34-25-12-22(39(44,45)46)9-8-21(25)16-55-31(34)36-59-28-13-23(40(47,48)49)17-57-35(28)60(36)2/h4,6-9,12-14,16-19H,3,5,10-11H2,1-2H3. The molecular formula is C41H26F11N9O4S2. The molecule has 348 valence electrons.